The van der Waals surface area contributed by atoms with Gasteiger partial charge in [0, 0.05) is 11.3 Å². The molecule has 0 bridgehead atoms. The van der Waals surface area contributed by atoms with E-state index in [2.05, 4.69) is 34.2 Å². The normalized spacial score (nSPS) is 13.0. The second-order valence-electron chi connectivity index (χ2n) is 7.80. The van der Waals surface area contributed by atoms with Crippen LogP contribution in [0.5, 0.6) is 0 Å². The monoisotopic (exact) mass is 444 g/mol. The fourth-order valence-corrected chi connectivity index (χ4v) is 5.16. The summed E-state index contributed by atoms with van der Waals surface area (Å²) >= 11 is 1.33. The minimum atomic E-state index is -0.0112. The van der Waals surface area contributed by atoms with Crippen LogP contribution in [0.15, 0.2) is 53.7 Å². The highest BCUT2D eigenvalue weighted by molar-refractivity contribution is 7.99. The van der Waals surface area contributed by atoms with Crippen LogP contribution in [0.2, 0.25) is 0 Å². The summed E-state index contributed by atoms with van der Waals surface area (Å²) in [7, 11) is 0. The van der Waals surface area contributed by atoms with Gasteiger partial charge in [0.2, 0.25) is 11.9 Å². The molecule has 2 aromatic carbocycles. The van der Waals surface area contributed by atoms with Crippen LogP contribution in [0.1, 0.15) is 29.3 Å². The van der Waals surface area contributed by atoms with Crippen LogP contribution in [-0.2, 0) is 24.1 Å². The van der Waals surface area contributed by atoms with Gasteiger partial charge < -0.3 is 5.73 Å². The number of para-hydroxylation sites is 2. The molecule has 8 heteroatoms. The predicted molar refractivity (Wildman–Crippen MR) is 127 cm³/mol. The molecule has 0 spiro atoms. The number of anilines is 3. The van der Waals surface area contributed by atoms with E-state index in [0.29, 0.717) is 16.8 Å². The molecule has 2 N–H and O–H groups in total. The van der Waals surface area contributed by atoms with Crippen LogP contribution in [0.25, 0.3) is 5.65 Å². The number of rotatable bonds is 4. The Hall–Kier alpha value is -3.39. The lowest BCUT2D eigenvalue weighted by Gasteiger charge is -2.24. The second-order valence-corrected chi connectivity index (χ2v) is 8.75. The van der Waals surface area contributed by atoms with Crippen LogP contribution in [0.4, 0.5) is 17.3 Å². The summed E-state index contributed by atoms with van der Waals surface area (Å²) < 4.78 is 1.74. The van der Waals surface area contributed by atoms with Crippen molar-refractivity contribution in [3.05, 3.63) is 70.9 Å². The first-order valence-electron chi connectivity index (χ1n) is 10.7. The molecule has 162 valence electrons. The second kappa shape index (κ2) is 8.27. The quantitative estimate of drug-likeness (QED) is 0.476. The van der Waals surface area contributed by atoms with Crippen molar-refractivity contribution >= 4 is 40.6 Å². The minimum absolute atomic E-state index is 0.0112. The zero-order valence-electron chi connectivity index (χ0n) is 18.1. The maximum absolute atomic E-state index is 13.6. The van der Waals surface area contributed by atoms with Crippen LogP contribution in [0, 0.1) is 6.92 Å². The smallest absolute Gasteiger partial charge is 0.242 e. The zero-order chi connectivity index (χ0) is 22.2. The van der Waals surface area contributed by atoms with Crippen molar-refractivity contribution in [2.24, 2.45) is 0 Å². The van der Waals surface area contributed by atoms with E-state index < -0.39 is 0 Å². The number of carbonyl (C=O) groups excluding carboxylic acids is 1. The van der Waals surface area contributed by atoms with Crippen molar-refractivity contribution in [1.82, 2.24) is 19.6 Å². The third kappa shape index (κ3) is 3.40. The summed E-state index contributed by atoms with van der Waals surface area (Å²) in [5.74, 6) is 0.529. The van der Waals surface area contributed by atoms with E-state index in [1.54, 1.807) is 4.40 Å². The Balaban J connectivity index is 1.49. The predicted octanol–water partition coefficient (Wildman–Crippen LogP) is 4.13. The highest BCUT2D eigenvalue weighted by Gasteiger charge is 2.26. The topological polar surface area (TPSA) is 89.4 Å². The van der Waals surface area contributed by atoms with Crippen LogP contribution in [0.3, 0.4) is 0 Å². The molecule has 3 heterocycles. The molecule has 5 rings (SSSR count). The summed E-state index contributed by atoms with van der Waals surface area (Å²) in [6.45, 7) is 3.98. The third-order valence-corrected chi connectivity index (χ3v) is 6.82. The molecule has 0 atom stereocenters. The molecule has 0 radical (unpaired) electrons. The van der Waals surface area contributed by atoms with Gasteiger partial charge in [0.15, 0.2) is 10.8 Å². The number of nitrogen functional groups attached to an aromatic ring is 1. The number of carbonyl (C=O) groups is 1. The Morgan fingerprint density at radius 1 is 1.03 bits per heavy atom. The van der Waals surface area contributed by atoms with E-state index in [-0.39, 0.29) is 11.7 Å². The molecular formula is C24H24N6OS. The highest BCUT2D eigenvalue weighted by atomic mass is 32.2. The van der Waals surface area contributed by atoms with Crippen LogP contribution < -0.4 is 10.6 Å². The summed E-state index contributed by atoms with van der Waals surface area (Å²) in [6, 6.07) is 16.2. The largest absolute Gasteiger partial charge is 0.369 e. The fraction of sp³-hybridized carbons (Fsp3) is 0.250. The van der Waals surface area contributed by atoms with Crippen molar-refractivity contribution in [1.29, 1.82) is 0 Å². The molecule has 0 fully saturated rings. The van der Waals surface area contributed by atoms with Gasteiger partial charge >= 0.3 is 0 Å². The van der Waals surface area contributed by atoms with Gasteiger partial charge in [0.05, 0.1) is 17.1 Å². The van der Waals surface area contributed by atoms with Gasteiger partial charge in [-0.15, -0.1) is 10.2 Å². The van der Waals surface area contributed by atoms with Gasteiger partial charge in [0.1, 0.15) is 0 Å². The first kappa shape index (κ1) is 20.5. The standard InChI is InChI=1S/C24H24N6OS/c1-3-18-15(2)26-23(25)30-22(18)27-28-24(30)32-14-21(31)29-19-10-6-4-8-16(19)12-13-17-9-5-7-11-20(17)29/h4-11H,3,12-14H2,1-2H3,(H2,25,26). The molecule has 0 saturated heterocycles. The van der Waals surface area contributed by atoms with E-state index >= 15 is 0 Å². The summed E-state index contributed by atoms with van der Waals surface area (Å²) in [5.41, 5.74) is 13.0. The zero-order valence-corrected chi connectivity index (χ0v) is 18.9. The van der Waals surface area contributed by atoms with Gasteiger partial charge in [-0.25, -0.2) is 9.38 Å². The molecule has 1 amide bonds. The molecule has 1 aliphatic rings. The minimum Gasteiger partial charge on any atom is -0.369 e. The molecule has 1 aliphatic heterocycles. The van der Waals surface area contributed by atoms with Crippen molar-refractivity contribution in [2.75, 3.05) is 16.4 Å². The van der Waals surface area contributed by atoms with E-state index in [1.165, 1.54) is 22.9 Å². The number of hydrogen-bond donors (Lipinski definition) is 1. The number of hydrogen-bond acceptors (Lipinski definition) is 6. The lowest BCUT2D eigenvalue weighted by Crippen LogP contribution is -2.28. The Morgan fingerprint density at radius 2 is 1.66 bits per heavy atom. The van der Waals surface area contributed by atoms with E-state index in [1.807, 2.05) is 48.2 Å². The van der Waals surface area contributed by atoms with Gasteiger partial charge in [-0.05, 0) is 49.4 Å². The summed E-state index contributed by atoms with van der Waals surface area (Å²) in [6.07, 6.45) is 2.59. The first-order valence-corrected chi connectivity index (χ1v) is 11.7. The maximum atomic E-state index is 13.6. The lowest BCUT2D eigenvalue weighted by atomic mass is 10.0. The van der Waals surface area contributed by atoms with Gasteiger partial charge in [-0.1, -0.05) is 55.1 Å². The number of aryl methyl sites for hydroxylation is 4. The number of amides is 1. The molecule has 0 saturated carbocycles. The lowest BCUT2D eigenvalue weighted by molar-refractivity contribution is -0.115. The SMILES string of the molecule is CCc1c(C)nc(N)n2c(SCC(=O)N3c4ccccc4CCc4ccccc43)nnc12. The average molecular weight is 445 g/mol. The van der Waals surface area contributed by atoms with E-state index in [0.717, 1.165) is 41.9 Å². The Bertz CT molecular complexity index is 1280. The first-order chi connectivity index (χ1) is 15.6. The Labute approximate surface area is 190 Å². The summed E-state index contributed by atoms with van der Waals surface area (Å²) in [4.78, 5) is 19.9. The Morgan fingerprint density at radius 3 is 2.28 bits per heavy atom. The number of benzene rings is 2. The molecule has 32 heavy (non-hydrogen) atoms. The van der Waals surface area contributed by atoms with Crippen LogP contribution in [-0.4, -0.2) is 31.2 Å². The fourth-order valence-electron chi connectivity index (χ4n) is 4.37. The summed E-state index contributed by atoms with van der Waals surface area (Å²) in [5, 5.41) is 9.22. The number of nitrogens with zero attached hydrogens (tertiary/aromatic N) is 5. The van der Waals surface area contributed by atoms with Gasteiger partial charge in [0.25, 0.3) is 0 Å². The van der Waals surface area contributed by atoms with Gasteiger partial charge in [-0.3, -0.25) is 9.69 Å². The number of aromatic nitrogens is 4. The van der Waals surface area contributed by atoms with E-state index in [4.69, 9.17) is 5.73 Å². The number of nitrogens with two attached hydrogens (primary N) is 1. The molecule has 2 aromatic heterocycles. The molecular weight excluding hydrogens is 420 g/mol. The van der Waals surface area contributed by atoms with Crippen molar-refractivity contribution in [2.45, 2.75) is 38.3 Å². The van der Waals surface area contributed by atoms with Crippen molar-refractivity contribution in [3.63, 3.8) is 0 Å². The number of fused-ring (bicyclic) bond motifs is 3. The number of thioether (sulfide) groups is 1. The maximum Gasteiger partial charge on any atom is 0.242 e. The van der Waals surface area contributed by atoms with Crippen LogP contribution >= 0.6 is 11.8 Å². The third-order valence-electron chi connectivity index (χ3n) is 5.91. The molecule has 0 aliphatic carbocycles. The molecule has 7 nitrogen and oxygen atoms in total. The van der Waals surface area contributed by atoms with Gasteiger partial charge in [-0.2, -0.15) is 0 Å². The van der Waals surface area contributed by atoms with Crippen molar-refractivity contribution in [3.8, 4) is 0 Å². The highest BCUT2D eigenvalue weighted by Crippen LogP contribution is 2.36. The molecule has 4 aromatic rings. The van der Waals surface area contributed by atoms with E-state index in [9.17, 15) is 4.79 Å². The molecule has 0 unspecified atom stereocenters. The van der Waals surface area contributed by atoms with Crippen molar-refractivity contribution < 1.29 is 4.79 Å². The Kier molecular flexibility index (Phi) is 5.30. The average Bonchev–Trinajstić information content (AvgIpc) is 3.14.